The van der Waals surface area contributed by atoms with Crippen LogP contribution in [0, 0.1) is 6.92 Å². The fourth-order valence-electron chi connectivity index (χ4n) is 1.36. The third kappa shape index (κ3) is 1.94. The highest BCUT2D eigenvalue weighted by Crippen LogP contribution is 2.03. The molecule has 0 unspecified atom stereocenters. The summed E-state index contributed by atoms with van der Waals surface area (Å²) in [7, 11) is 0. The first-order valence-corrected chi connectivity index (χ1v) is 4.73. The first kappa shape index (κ1) is 10.4. The molecule has 2 heterocycles. The number of hydrogen-bond acceptors (Lipinski definition) is 4. The van der Waals surface area contributed by atoms with Crippen LogP contribution >= 0.6 is 0 Å². The summed E-state index contributed by atoms with van der Waals surface area (Å²) < 4.78 is 3.39. The highest BCUT2D eigenvalue weighted by Gasteiger charge is 2.10. The lowest BCUT2D eigenvalue weighted by atomic mass is 10.3. The summed E-state index contributed by atoms with van der Waals surface area (Å²) in [6.45, 7) is 2.33. The van der Waals surface area contributed by atoms with Gasteiger partial charge >= 0.3 is 0 Å². The number of hydrogen-bond donors (Lipinski definition) is 2. The van der Waals surface area contributed by atoms with E-state index < -0.39 is 5.91 Å². The molecule has 16 heavy (non-hydrogen) atoms. The van der Waals surface area contributed by atoms with Crippen LogP contribution in [0.25, 0.3) is 0 Å². The van der Waals surface area contributed by atoms with Crippen molar-refractivity contribution in [3.63, 3.8) is 0 Å². The topological polar surface area (TPSA) is 90.8 Å². The van der Waals surface area contributed by atoms with Crippen LogP contribution in [0.5, 0.6) is 0 Å². The van der Waals surface area contributed by atoms with Gasteiger partial charge in [0.15, 0.2) is 5.69 Å². The zero-order valence-corrected chi connectivity index (χ0v) is 8.79. The molecular formula is C9H12N6O. The molecule has 0 radical (unpaired) electrons. The average Bonchev–Trinajstić information content (AvgIpc) is 2.89. The number of carbonyl (C=O) groups is 1. The second kappa shape index (κ2) is 4.15. The van der Waals surface area contributed by atoms with Crippen molar-refractivity contribution in [2.45, 2.75) is 13.6 Å². The fourth-order valence-corrected chi connectivity index (χ4v) is 1.36. The molecule has 0 aromatic carbocycles. The van der Waals surface area contributed by atoms with Crippen molar-refractivity contribution < 1.29 is 4.79 Å². The second-order valence-electron chi connectivity index (χ2n) is 3.33. The Hall–Kier alpha value is -2.15. The molecule has 1 amide bonds. The zero-order valence-electron chi connectivity index (χ0n) is 8.79. The third-order valence-electron chi connectivity index (χ3n) is 2.18. The highest BCUT2D eigenvalue weighted by atomic mass is 16.2. The van der Waals surface area contributed by atoms with Gasteiger partial charge in [0.25, 0.3) is 5.91 Å². The van der Waals surface area contributed by atoms with Crippen LogP contribution in [0.2, 0.25) is 0 Å². The van der Waals surface area contributed by atoms with Crippen LogP contribution in [0.1, 0.15) is 16.2 Å². The van der Waals surface area contributed by atoms with Gasteiger partial charge in [0, 0.05) is 18.1 Å². The molecular weight excluding hydrogens is 208 g/mol. The maximum Gasteiger partial charge on any atom is 0.285 e. The quantitative estimate of drug-likeness (QED) is 0.414. The van der Waals surface area contributed by atoms with E-state index in [0.29, 0.717) is 12.4 Å². The average molecular weight is 220 g/mol. The molecule has 84 valence electrons. The number of nitrogens with one attached hydrogen (secondary N) is 1. The van der Waals surface area contributed by atoms with Crippen LogP contribution in [0.4, 0.5) is 0 Å². The predicted molar refractivity (Wildman–Crippen MR) is 56.2 cm³/mol. The molecule has 7 nitrogen and oxygen atoms in total. The van der Waals surface area contributed by atoms with Gasteiger partial charge in [0.2, 0.25) is 0 Å². The predicted octanol–water partition coefficient (Wildman–Crippen LogP) is -0.503. The van der Waals surface area contributed by atoms with Crippen molar-refractivity contribution in [3.8, 4) is 0 Å². The molecule has 0 fully saturated rings. The number of nitrogen functional groups attached to an aromatic ring is 1. The summed E-state index contributed by atoms with van der Waals surface area (Å²) >= 11 is 0. The number of hydrazine groups is 1. The van der Waals surface area contributed by atoms with E-state index in [9.17, 15) is 4.79 Å². The van der Waals surface area contributed by atoms with Crippen LogP contribution < -0.4 is 11.3 Å². The molecule has 2 aromatic rings. The van der Waals surface area contributed by atoms with Gasteiger partial charge in [0.05, 0.1) is 0 Å². The standard InChI is InChI=1S/C9H12N6O/c1-7-5-8(9(16)12-10)13-15(7)6-14-4-2-3-11-14/h2-5H,6,10H2,1H3,(H,12,16). The lowest BCUT2D eigenvalue weighted by molar-refractivity contribution is 0.0947. The first-order chi connectivity index (χ1) is 7.70. The van der Waals surface area contributed by atoms with Crippen LogP contribution in [0.3, 0.4) is 0 Å². The van der Waals surface area contributed by atoms with E-state index in [1.54, 1.807) is 21.6 Å². The number of carbonyl (C=O) groups excluding carboxylic acids is 1. The fraction of sp³-hybridized carbons (Fsp3) is 0.222. The minimum Gasteiger partial charge on any atom is -0.289 e. The number of nitrogens with two attached hydrogens (primary N) is 1. The van der Waals surface area contributed by atoms with Crippen molar-refractivity contribution >= 4 is 5.91 Å². The van der Waals surface area contributed by atoms with E-state index >= 15 is 0 Å². The molecule has 0 aliphatic rings. The lowest BCUT2D eigenvalue weighted by Crippen LogP contribution is -2.30. The minimum absolute atomic E-state index is 0.298. The Balaban J connectivity index is 2.22. The van der Waals surface area contributed by atoms with Crippen molar-refractivity contribution in [1.29, 1.82) is 0 Å². The number of aryl methyl sites for hydroxylation is 1. The molecule has 0 aliphatic carbocycles. The van der Waals surface area contributed by atoms with Gasteiger partial charge in [-0.3, -0.25) is 14.9 Å². The molecule has 2 rings (SSSR count). The summed E-state index contributed by atoms with van der Waals surface area (Å²) in [4.78, 5) is 11.2. The number of nitrogens with zero attached hydrogens (tertiary/aromatic N) is 4. The van der Waals surface area contributed by atoms with E-state index in [1.165, 1.54) is 0 Å². The number of amides is 1. The monoisotopic (exact) mass is 220 g/mol. The minimum atomic E-state index is -0.401. The maximum absolute atomic E-state index is 11.2. The summed E-state index contributed by atoms with van der Waals surface area (Å²) in [6.07, 6.45) is 3.51. The summed E-state index contributed by atoms with van der Waals surface area (Å²) in [6, 6.07) is 3.50. The van der Waals surface area contributed by atoms with Gasteiger partial charge in [0.1, 0.15) is 6.67 Å². The van der Waals surface area contributed by atoms with Crippen LogP contribution in [0.15, 0.2) is 24.5 Å². The number of rotatable bonds is 3. The van der Waals surface area contributed by atoms with Gasteiger partial charge in [-0.2, -0.15) is 10.2 Å². The van der Waals surface area contributed by atoms with E-state index in [2.05, 4.69) is 10.2 Å². The van der Waals surface area contributed by atoms with Crippen molar-refractivity contribution in [2.75, 3.05) is 0 Å². The molecule has 0 atom stereocenters. The van der Waals surface area contributed by atoms with Crippen molar-refractivity contribution in [3.05, 3.63) is 35.9 Å². The molecule has 0 spiro atoms. The third-order valence-corrected chi connectivity index (χ3v) is 2.18. The highest BCUT2D eigenvalue weighted by molar-refractivity contribution is 5.91. The Morgan fingerprint density at radius 1 is 1.62 bits per heavy atom. The smallest absolute Gasteiger partial charge is 0.285 e. The van der Waals surface area contributed by atoms with Gasteiger partial charge in [-0.25, -0.2) is 10.5 Å². The Labute approximate surface area is 91.8 Å². The van der Waals surface area contributed by atoms with E-state index in [-0.39, 0.29) is 0 Å². The Morgan fingerprint density at radius 2 is 2.44 bits per heavy atom. The molecule has 3 N–H and O–H groups in total. The zero-order chi connectivity index (χ0) is 11.5. The summed E-state index contributed by atoms with van der Waals surface area (Å²) in [5.41, 5.74) is 3.21. The van der Waals surface area contributed by atoms with Crippen molar-refractivity contribution in [1.82, 2.24) is 25.0 Å². The van der Waals surface area contributed by atoms with Gasteiger partial charge in [-0.1, -0.05) is 0 Å². The Morgan fingerprint density at radius 3 is 3.06 bits per heavy atom. The second-order valence-corrected chi connectivity index (χ2v) is 3.33. The summed E-state index contributed by atoms with van der Waals surface area (Å²) in [5.74, 6) is 4.63. The van der Waals surface area contributed by atoms with Crippen molar-refractivity contribution in [2.24, 2.45) is 5.84 Å². The molecule has 7 heteroatoms. The Kier molecular flexibility index (Phi) is 2.69. The maximum atomic E-state index is 11.2. The normalized spacial score (nSPS) is 10.4. The lowest BCUT2D eigenvalue weighted by Gasteiger charge is -2.03. The van der Waals surface area contributed by atoms with E-state index in [0.717, 1.165) is 5.69 Å². The van der Waals surface area contributed by atoms with Gasteiger partial charge in [-0.05, 0) is 19.1 Å². The van der Waals surface area contributed by atoms with Crippen LogP contribution in [-0.2, 0) is 6.67 Å². The molecule has 0 aliphatic heterocycles. The van der Waals surface area contributed by atoms with Gasteiger partial charge in [-0.15, -0.1) is 0 Å². The largest absolute Gasteiger partial charge is 0.289 e. The molecule has 0 saturated heterocycles. The SMILES string of the molecule is Cc1cc(C(=O)NN)nn1Cn1cccn1. The Bertz CT molecular complexity index is 486. The van der Waals surface area contributed by atoms with Crippen LogP contribution in [-0.4, -0.2) is 25.5 Å². The number of aromatic nitrogens is 4. The van der Waals surface area contributed by atoms with E-state index in [1.807, 2.05) is 24.6 Å². The van der Waals surface area contributed by atoms with Gasteiger partial charge < -0.3 is 0 Å². The van der Waals surface area contributed by atoms with E-state index in [4.69, 9.17) is 5.84 Å². The molecule has 0 saturated carbocycles. The molecule has 0 bridgehead atoms. The molecule has 2 aromatic heterocycles. The first-order valence-electron chi connectivity index (χ1n) is 4.73. The summed E-state index contributed by atoms with van der Waals surface area (Å²) in [5, 5.41) is 8.18.